The van der Waals surface area contributed by atoms with Gasteiger partial charge in [0.2, 0.25) is 0 Å². The number of benzene rings is 1. The van der Waals surface area contributed by atoms with Gasteiger partial charge in [0.25, 0.3) is 0 Å². The van der Waals surface area contributed by atoms with Crippen LogP contribution in [0.4, 0.5) is 0 Å². The van der Waals surface area contributed by atoms with E-state index in [9.17, 15) is 0 Å². The number of para-hydroxylation sites is 1. The fraction of sp³-hybridized carbons (Fsp3) is 0.611. The first-order chi connectivity index (χ1) is 11.3. The summed E-state index contributed by atoms with van der Waals surface area (Å²) in [6, 6.07) is 8.31. The molecule has 1 heterocycles. The average molecular weight is 461 g/mol. The Kier molecular flexibility index (Phi) is 8.52. The standard InChI is InChI=1S/C18H27N3OS.HI/c1-19-18(21-13-16-9-5-11-23-16)20-12-14-6-2-3-10-17(14)22-15-7-4-8-15;/h2-3,6,10,15-16H,4-5,7-9,11-13H2,1H3,(H2,19,20,21);1H. The van der Waals surface area contributed by atoms with E-state index in [4.69, 9.17) is 4.74 Å². The maximum absolute atomic E-state index is 6.09. The maximum atomic E-state index is 6.09. The van der Waals surface area contributed by atoms with Crippen molar-refractivity contribution in [3.8, 4) is 5.75 Å². The van der Waals surface area contributed by atoms with Crippen molar-refractivity contribution in [2.45, 2.75) is 50.0 Å². The molecular weight excluding hydrogens is 433 g/mol. The van der Waals surface area contributed by atoms with E-state index in [0.29, 0.717) is 6.10 Å². The van der Waals surface area contributed by atoms with Crippen LogP contribution in [-0.2, 0) is 6.54 Å². The highest BCUT2D eigenvalue weighted by Crippen LogP contribution is 2.27. The third-order valence-corrected chi connectivity index (χ3v) is 5.91. The quantitative estimate of drug-likeness (QED) is 0.385. The largest absolute Gasteiger partial charge is 0.490 e. The summed E-state index contributed by atoms with van der Waals surface area (Å²) in [7, 11) is 1.83. The molecule has 0 spiro atoms. The van der Waals surface area contributed by atoms with Gasteiger partial charge in [-0.25, -0.2) is 0 Å². The third kappa shape index (κ3) is 5.72. The van der Waals surface area contributed by atoms with E-state index < -0.39 is 0 Å². The van der Waals surface area contributed by atoms with Gasteiger partial charge in [-0.1, -0.05) is 18.2 Å². The molecule has 2 aliphatic rings. The van der Waals surface area contributed by atoms with E-state index in [1.54, 1.807) is 0 Å². The van der Waals surface area contributed by atoms with E-state index in [1.165, 1.54) is 43.4 Å². The number of ether oxygens (including phenoxy) is 1. The highest BCUT2D eigenvalue weighted by atomic mass is 127. The van der Waals surface area contributed by atoms with Crippen molar-refractivity contribution in [3.05, 3.63) is 29.8 Å². The van der Waals surface area contributed by atoms with Crippen LogP contribution < -0.4 is 15.4 Å². The lowest BCUT2D eigenvalue weighted by Crippen LogP contribution is -2.39. The van der Waals surface area contributed by atoms with Gasteiger partial charge in [-0.05, 0) is 43.9 Å². The summed E-state index contributed by atoms with van der Waals surface area (Å²) in [6.07, 6.45) is 6.73. The number of hydrogen-bond donors (Lipinski definition) is 2. The Hall–Kier alpha value is -0.630. The number of halogens is 1. The third-order valence-electron chi connectivity index (χ3n) is 4.51. The highest BCUT2D eigenvalue weighted by Gasteiger charge is 2.20. The van der Waals surface area contributed by atoms with Gasteiger partial charge >= 0.3 is 0 Å². The molecule has 1 aliphatic heterocycles. The number of hydrogen-bond acceptors (Lipinski definition) is 3. The Morgan fingerprint density at radius 1 is 1.21 bits per heavy atom. The van der Waals surface area contributed by atoms with E-state index in [-0.39, 0.29) is 24.0 Å². The second-order valence-electron chi connectivity index (χ2n) is 6.22. The molecule has 0 amide bonds. The predicted molar refractivity (Wildman–Crippen MR) is 114 cm³/mol. The summed E-state index contributed by atoms with van der Waals surface area (Å²) >= 11 is 2.06. The number of nitrogens with one attached hydrogen (secondary N) is 2. The number of rotatable bonds is 6. The molecule has 1 unspecified atom stereocenters. The van der Waals surface area contributed by atoms with Crippen LogP contribution >= 0.6 is 35.7 Å². The van der Waals surface area contributed by atoms with E-state index in [2.05, 4.69) is 45.6 Å². The lowest BCUT2D eigenvalue weighted by Gasteiger charge is -2.27. The Morgan fingerprint density at radius 3 is 2.71 bits per heavy atom. The first-order valence-corrected chi connectivity index (χ1v) is 9.70. The topological polar surface area (TPSA) is 45.7 Å². The van der Waals surface area contributed by atoms with Crippen LogP contribution in [0.1, 0.15) is 37.7 Å². The Bertz CT molecular complexity index is 531. The van der Waals surface area contributed by atoms with Gasteiger partial charge in [0.1, 0.15) is 5.75 Å². The van der Waals surface area contributed by atoms with Gasteiger partial charge < -0.3 is 15.4 Å². The maximum Gasteiger partial charge on any atom is 0.191 e. The van der Waals surface area contributed by atoms with E-state index >= 15 is 0 Å². The second kappa shape index (κ2) is 10.4. The van der Waals surface area contributed by atoms with Crippen LogP contribution in [-0.4, -0.2) is 36.7 Å². The normalized spacial score (nSPS) is 20.9. The number of thioether (sulfide) groups is 1. The molecule has 1 saturated carbocycles. The lowest BCUT2D eigenvalue weighted by atomic mass is 9.96. The molecule has 2 fully saturated rings. The molecule has 4 nitrogen and oxygen atoms in total. The first-order valence-electron chi connectivity index (χ1n) is 8.66. The summed E-state index contributed by atoms with van der Waals surface area (Å²) < 4.78 is 6.09. The monoisotopic (exact) mass is 461 g/mol. The first kappa shape index (κ1) is 19.7. The minimum atomic E-state index is 0. The molecule has 134 valence electrons. The molecule has 0 radical (unpaired) electrons. The molecule has 1 saturated heterocycles. The van der Waals surface area contributed by atoms with Crippen molar-refractivity contribution < 1.29 is 4.74 Å². The Balaban J connectivity index is 0.00000208. The molecule has 1 aromatic carbocycles. The summed E-state index contributed by atoms with van der Waals surface area (Å²) in [4.78, 5) is 4.33. The summed E-state index contributed by atoms with van der Waals surface area (Å²) in [6.45, 7) is 1.73. The zero-order valence-corrected chi connectivity index (χ0v) is 17.4. The zero-order chi connectivity index (χ0) is 15.9. The molecule has 6 heteroatoms. The molecule has 3 rings (SSSR count). The fourth-order valence-electron chi connectivity index (χ4n) is 2.85. The molecule has 0 aromatic heterocycles. The average Bonchev–Trinajstić information content (AvgIpc) is 3.05. The Labute approximate surface area is 166 Å². The van der Waals surface area contributed by atoms with Crippen molar-refractivity contribution in [1.29, 1.82) is 0 Å². The minimum Gasteiger partial charge on any atom is -0.490 e. The van der Waals surface area contributed by atoms with Crippen molar-refractivity contribution in [2.75, 3.05) is 19.3 Å². The number of nitrogens with zero attached hydrogens (tertiary/aromatic N) is 1. The molecule has 1 atom stereocenters. The van der Waals surface area contributed by atoms with E-state index in [0.717, 1.165) is 30.0 Å². The summed E-state index contributed by atoms with van der Waals surface area (Å²) in [5.74, 6) is 3.17. The van der Waals surface area contributed by atoms with Crippen LogP contribution in [0.2, 0.25) is 0 Å². The van der Waals surface area contributed by atoms with Crippen molar-refractivity contribution in [2.24, 2.45) is 4.99 Å². The van der Waals surface area contributed by atoms with Gasteiger partial charge in [0, 0.05) is 31.0 Å². The summed E-state index contributed by atoms with van der Waals surface area (Å²) in [5.41, 5.74) is 1.19. The SMILES string of the molecule is CN=C(NCc1ccccc1OC1CCC1)NCC1CCCS1.I. The zero-order valence-electron chi connectivity index (χ0n) is 14.3. The van der Waals surface area contributed by atoms with E-state index in [1.807, 2.05) is 13.1 Å². The fourth-order valence-corrected chi connectivity index (χ4v) is 4.05. The van der Waals surface area contributed by atoms with Gasteiger partial charge in [-0.15, -0.1) is 24.0 Å². The Morgan fingerprint density at radius 2 is 2.04 bits per heavy atom. The van der Waals surface area contributed by atoms with Crippen molar-refractivity contribution in [1.82, 2.24) is 10.6 Å². The van der Waals surface area contributed by atoms with Crippen LogP contribution in [0.3, 0.4) is 0 Å². The van der Waals surface area contributed by atoms with Gasteiger partial charge in [0.15, 0.2) is 5.96 Å². The molecular formula is C18H28IN3OS. The highest BCUT2D eigenvalue weighted by molar-refractivity contribution is 14.0. The van der Waals surface area contributed by atoms with Crippen LogP contribution in [0.25, 0.3) is 0 Å². The van der Waals surface area contributed by atoms with Gasteiger partial charge in [0.05, 0.1) is 6.10 Å². The molecule has 0 bridgehead atoms. The molecule has 24 heavy (non-hydrogen) atoms. The number of aliphatic imine (C=N–C) groups is 1. The van der Waals surface area contributed by atoms with Crippen molar-refractivity contribution in [3.63, 3.8) is 0 Å². The molecule has 1 aromatic rings. The predicted octanol–water partition coefficient (Wildman–Crippen LogP) is 3.80. The minimum absolute atomic E-state index is 0. The van der Waals surface area contributed by atoms with Crippen molar-refractivity contribution >= 4 is 41.7 Å². The van der Waals surface area contributed by atoms with Crippen LogP contribution in [0.15, 0.2) is 29.3 Å². The second-order valence-corrected chi connectivity index (χ2v) is 7.63. The molecule has 1 aliphatic carbocycles. The van der Waals surface area contributed by atoms with Crippen LogP contribution in [0.5, 0.6) is 5.75 Å². The van der Waals surface area contributed by atoms with Crippen LogP contribution in [0, 0.1) is 0 Å². The number of guanidine groups is 1. The van der Waals surface area contributed by atoms with Gasteiger partial charge in [-0.2, -0.15) is 11.8 Å². The smallest absolute Gasteiger partial charge is 0.191 e. The lowest BCUT2D eigenvalue weighted by molar-refractivity contribution is 0.119. The molecule has 2 N–H and O–H groups in total. The summed E-state index contributed by atoms with van der Waals surface area (Å²) in [5, 5.41) is 7.58. The van der Waals surface area contributed by atoms with Gasteiger partial charge in [-0.3, -0.25) is 4.99 Å².